The van der Waals surface area contributed by atoms with E-state index in [1.54, 1.807) is 30.5 Å². The molecular weight excluding hydrogens is 428 g/mol. The zero-order valence-corrected chi connectivity index (χ0v) is 19.4. The molecule has 0 aliphatic carbocycles. The number of benzene rings is 2. The number of carbonyl (C=O) groups excluding carboxylic acids is 1. The highest BCUT2D eigenvalue weighted by molar-refractivity contribution is 5.96. The first-order valence-electron chi connectivity index (χ1n) is 11.7. The first-order chi connectivity index (χ1) is 16.6. The third-order valence-corrected chi connectivity index (χ3v) is 6.83. The lowest BCUT2D eigenvalue weighted by Crippen LogP contribution is -2.45. The van der Waals surface area contributed by atoms with Crippen molar-refractivity contribution in [1.29, 1.82) is 0 Å². The predicted molar refractivity (Wildman–Crippen MR) is 131 cm³/mol. The highest BCUT2D eigenvalue weighted by Gasteiger charge is 2.38. The predicted octanol–water partition coefficient (Wildman–Crippen LogP) is 2.95. The number of methoxy groups -OCH3 is 1. The molecule has 1 aromatic heterocycles. The van der Waals surface area contributed by atoms with Crippen molar-refractivity contribution >= 4 is 11.6 Å². The molecule has 1 amide bonds. The van der Waals surface area contributed by atoms with Crippen LogP contribution >= 0.6 is 0 Å². The summed E-state index contributed by atoms with van der Waals surface area (Å²) >= 11 is 0. The Labute approximate surface area is 200 Å². The molecule has 0 radical (unpaired) electrons. The van der Waals surface area contributed by atoms with E-state index in [4.69, 9.17) is 4.74 Å². The van der Waals surface area contributed by atoms with Crippen LogP contribution in [-0.4, -0.2) is 64.7 Å². The molecule has 0 saturated carbocycles. The SMILES string of the molecule is COc1ccc(C(=O)N2C[C@H](O)[C@@H](N3CCc4ccccc4C3)C2)cc1NCc1cccnc1. The van der Waals surface area contributed by atoms with E-state index < -0.39 is 6.10 Å². The van der Waals surface area contributed by atoms with Gasteiger partial charge in [0.1, 0.15) is 5.75 Å². The third-order valence-electron chi connectivity index (χ3n) is 6.83. The summed E-state index contributed by atoms with van der Waals surface area (Å²) in [7, 11) is 1.62. The van der Waals surface area contributed by atoms with Crippen molar-refractivity contribution < 1.29 is 14.6 Å². The number of ether oxygens (including phenoxy) is 1. The first kappa shape index (κ1) is 22.4. The summed E-state index contributed by atoms with van der Waals surface area (Å²) in [5, 5.41) is 14.2. The van der Waals surface area contributed by atoms with E-state index in [9.17, 15) is 9.90 Å². The molecule has 7 heteroatoms. The summed E-state index contributed by atoms with van der Waals surface area (Å²) < 4.78 is 5.49. The Bertz CT molecular complexity index is 1150. The molecule has 0 bridgehead atoms. The topological polar surface area (TPSA) is 77.9 Å². The second kappa shape index (κ2) is 9.83. The van der Waals surface area contributed by atoms with Gasteiger partial charge in [0.05, 0.1) is 24.9 Å². The zero-order valence-electron chi connectivity index (χ0n) is 19.4. The number of fused-ring (bicyclic) bond motifs is 1. The van der Waals surface area contributed by atoms with E-state index in [2.05, 4.69) is 39.5 Å². The number of nitrogens with one attached hydrogen (secondary N) is 1. The molecular formula is C27H30N4O3. The first-order valence-corrected chi connectivity index (χ1v) is 11.7. The average molecular weight is 459 g/mol. The van der Waals surface area contributed by atoms with Crippen molar-refractivity contribution in [3.63, 3.8) is 0 Å². The highest BCUT2D eigenvalue weighted by atomic mass is 16.5. The number of rotatable bonds is 6. The number of aliphatic hydroxyl groups excluding tert-OH is 1. The van der Waals surface area contributed by atoms with Gasteiger partial charge in [0.15, 0.2) is 0 Å². The summed E-state index contributed by atoms with van der Waals surface area (Å²) in [6.45, 7) is 3.14. The van der Waals surface area contributed by atoms with Crippen LogP contribution in [0.25, 0.3) is 0 Å². The van der Waals surface area contributed by atoms with Gasteiger partial charge < -0.3 is 20.1 Å². The van der Waals surface area contributed by atoms with Crippen molar-refractivity contribution in [2.45, 2.75) is 31.7 Å². The van der Waals surface area contributed by atoms with Gasteiger partial charge in [0.25, 0.3) is 5.91 Å². The fourth-order valence-corrected chi connectivity index (χ4v) is 4.96. The fourth-order valence-electron chi connectivity index (χ4n) is 4.96. The minimum Gasteiger partial charge on any atom is -0.495 e. The number of hydrogen-bond donors (Lipinski definition) is 2. The van der Waals surface area contributed by atoms with Crippen molar-refractivity contribution in [3.05, 3.63) is 89.2 Å². The van der Waals surface area contributed by atoms with Crippen molar-refractivity contribution in [1.82, 2.24) is 14.8 Å². The molecule has 2 aliphatic rings. The maximum absolute atomic E-state index is 13.4. The van der Waals surface area contributed by atoms with Gasteiger partial charge in [-0.15, -0.1) is 0 Å². The number of hydrogen-bond acceptors (Lipinski definition) is 6. The number of pyridine rings is 1. The molecule has 2 aromatic carbocycles. The van der Waals surface area contributed by atoms with E-state index >= 15 is 0 Å². The Balaban J connectivity index is 1.28. The lowest BCUT2D eigenvalue weighted by molar-refractivity contribution is 0.0735. The Kier molecular flexibility index (Phi) is 6.47. The van der Waals surface area contributed by atoms with Gasteiger partial charge in [-0.1, -0.05) is 30.3 Å². The van der Waals surface area contributed by atoms with Gasteiger partial charge >= 0.3 is 0 Å². The summed E-state index contributed by atoms with van der Waals surface area (Å²) in [5.41, 5.74) is 5.05. The van der Waals surface area contributed by atoms with Crippen molar-refractivity contribution in [2.75, 3.05) is 32.1 Å². The lowest BCUT2D eigenvalue weighted by atomic mass is 9.98. The van der Waals surface area contributed by atoms with Crippen molar-refractivity contribution in [3.8, 4) is 5.75 Å². The van der Waals surface area contributed by atoms with E-state index in [1.807, 2.05) is 24.3 Å². The van der Waals surface area contributed by atoms with Crippen LogP contribution in [0, 0.1) is 0 Å². The van der Waals surface area contributed by atoms with Gasteiger partial charge in [0.2, 0.25) is 0 Å². The van der Waals surface area contributed by atoms with Crippen LogP contribution in [0.1, 0.15) is 27.0 Å². The van der Waals surface area contributed by atoms with Crippen LogP contribution in [0.4, 0.5) is 5.69 Å². The number of nitrogens with zero attached hydrogens (tertiary/aromatic N) is 3. The number of amides is 1. The van der Waals surface area contributed by atoms with Gasteiger partial charge in [0, 0.05) is 50.7 Å². The molecule has 5 rings (SSSR count). The van der Waals surface area contributed by atoms with Gasteiger partial charge in [-0.05, 0) is 47.4 Å². The molecule has 7 nitrogen and oxygen atoms in total. The Morgan fingerprint density at radius 3 is 2.79 bits per heavy atom. The summed E-state index contributed by atoms with van der Waals surface area (Å²) in [5.74, 6) is 0.595. The fraction of sp³-hybridized carbons (Fsp3) is 0.333. The van der Waals surface area contributed by atoms with E-state index in [-0.39, 0.29) is 11.9 Å². The largest absolute Gasteiger partial charge is 0.495 e. The Hall–Kier alpha value is -3.42. The van der Waals surface area contributed by atoms with Crippen LogP contribution in [0.15, 0.2) is 67.0 Å². The van der Waals surface area contributed by atoms with E-state index in [0.29, 0.717) is 30.9 Å². The highest BCUT2D eigenvalue weighted by Crippen LogP contribution is 2.29. The number of anilines is 1. The molecule has 0 unspecified atom stereocenters. The lowest BCUT2D eigenvalue weighted by Gasteiger charge is -2.34. The Morgan fingerprint density at radius 2 is 2.00 bits per heavy atom. The second-order valence-electron chi connectivity index (χ2n) is 8.96. The zero-order chi connectivity index (χ0) is 23.5. The minimum atomic E-state index is -0.560. The van der Waals surface area contributed by atoms with E-state index in [1.165, 1.54) is 11.1 Å². The number of β-amino-alcohol motifs (C(OH)–C–C–N with tert-alkyl or cyclic N) is 1. The van der Waals surface area contributed by atoms with Crippen molar-refractivity contribution in [2.24, 2.45) is 0 Å². The van der Waals surface area contributed by atoms with Gasteiger partial charge in [-0.2, -0.15) is 0 Å². The number of aliphatic hydroxyl groups is 1. The van der Waals surface area contributed by atoms with Crippen LogP contribution in [0.3, 0.4) is 0 Å². The van der Waals surface area contributed by atoms with Gasteiger partial charge in [-0.3, -0.25) is 14.7 Å². The summed E-state index contributed by atoms with van der Waals surface area (Å²) in [6, 6.07) is 17.7. The molecule has 3 aromatic rings. The smallest absolute Gasteiger partial charge is 0.254 e. The third kappa shape index (κ3) is 4.62. The van der Waals surface area contributed by atoms with E-state index in [0.717, 1.165) is 30.8 Å². The Morgan fingerprint density at radius 1 is 1.15 bits per heavy atom. The molecule has 176 valence electrons. The normalized spacial score (nSPS) is 20.1. The molecule has 2 atom stereocenters. The standard InChI is InChI=1S/C27H30N4O3/c1-34-26-9-8-21(13-23(26)29-15-19-5-4-11-28-14-19)27(33)31-17-24(25(32)18-31)30-12-10-20-6-2-3-7-22(20)16-30/h2-9,11,13-14,24-25,29,32H,10,12,15-18H2,1H3/t24-,25-/m0/s1. The molecule has 1 fully saturated rings. The maximum Gasteiger partial charge on any atom is 0.254 e. The minimum absolute atomic E-state index is 0.0567. The van der Waals surface area contributed by atoms with Gasteiger partial charge in [-0.25, -0.2) is 0 Å². The average Bonchev–Trinajstić information content (AvgIpc) is 3.28. The molecule has 0 spiro atoms. The van der Waals surface area contributed by atoms with Crippen LogP contribution < -0.4 is 10.1 Å². The van der Waals surface area contributed by atoms with Crippen LogP contribution in [0.5, 0.6) is 5.75 Å². The molecule has 34 heavy (non-hydrogen) atoms. The number of carbonyl (C=O) groups is 1. The summed E-state index contributed by atoms with van der Waals surface area (Å²) in [6.07, 6.45) is 3.96. The molecule has 2 N–H and O–H groups in total. The van der Waals surface area contributed by atoms with Crippen LogP contribution in [0.2, 0.25) is 0 Å². The monoisotopic (exact) mass is 458 g/mol. The number of likely N-dealkylation sites (tertiary alicyclic amines) is 1. The quantitative estimate of drug-likeness (QED) is 0.592. The second-order valence-corrected chi connectivity index (χ2v) is 8.96. The number of aromatic nitrogens is 1. The molecule has 1 saturated heterocycles. The maximum atomic E-state index is 13.4. The molecule has 3 heterocycles. The summed E-state index contributed by atoms with van der Waals surface area (Å²) in [4.78, 5) is 21.6. The molecule has 2 aliphatic heterocycles. The van der Waals surface area contributed by atoms with Crippen LogP contribution in [-0.2, 0) is 19.5 Å².